The summed E-state index contributed by atoms with van der Waals surface area (Å²) >= 11 is 0. The summed E-state index contributed by atoms with van der Waals surface area (Å²) in [5, 5.41) is 0. The Kier molecular flexibility index (Phi) is 7.51. The van der Waals surface area contributed by atoms with Crippen molar-refractivity contribution in [1.82, 2.24) is 14.8 Å². The molecular weight excluding hydrogens is 386 g/mol. The Balaban J connectivity index is 1.29. The summed E-state index contributed by atoms with van der Waals surface area (Å²) in [6.07, 6.45) is 15.7. The number of likely N-dealkylation sites (tertiary alicyclic amines) is 2. The zero-order valence-electron chi connectivity index (χ0n) is 19.4. The summed E-state index contributed by atoms with van der Waals surface area (Å²) in [4.78, 5) is 18.9. The van der Waals surface area contributed by atoms with Crippen LogP contribution in [0.5, 0.6) is 0 Å². The molecule has 0 N–H and O–H groups in total. The van der Waals surface area contributed by atoms with Crippen molar-refractivity contribution in [3.05, 3.63) is 35.1 Å². The molecule has 0 amide bonds. The van der Waals surface area contributed by atoms with Crippen LogP contribution in [0.3, 0.4) is 0 Å². The molecule has 6 heteroatoms. The van der Waals surface area contributed by atoms with Crippen LogP contribution in [0.2, 0.25) is 0 Å². The van der Waals surface area contributed by atoms with Gasteiger partial charge in [-0.3, -0.25) is 9.89 Å². The van der Waals surface area contributed by atoms with Gasteiger partial charge in [0.25, 0.3) is 0 Å². The second kappa shape index (κ2) is 10.5. The molecule has 1 unspecified atom stereocenters. The van der Waals surface area contributed by atoms with E-state index < -0.39 is 0 Å². The highest BCUT2D eigenvalue weighted by Gasteiger charge is 2.26. The first-order valence-electron chi connectivity index (χ1n) is 11.9. The molecule has 1 aromatic rings. The summed E-state index contributed by atoms with van der Waals surface area (Å²) in [6.45, 7) is 11.8. The molecule has 2 fully saturated rings. The first-order chi connectivity index (χ1) is 15.1. The van der Waals surface area contributed by atoms with E-state index in [0.717, 1.165) is 43.7 Å². The maximum absolute atomic E-state index is 5.95. The van der Waals surface area contributed by atoms with Crippen molar-refractivity contribution in [2.45, 2.75) is 71.9 Å². The van der Waals surface area contributed by atoms with Gasteiger partial charge in [0.05, 0.1) is 6.54 Å². The third-order valence-corrected chi connectivity index (χ3v) is 6.76. The fourth-order valence-electron chi connectivity index (χ4n) is 4.75. The third-order valence-electron chi connectivity index (χ3n) is 6.76. The standard InChI is InChI=1S/C25H37N5O/c1-19-7-8-22(17-26-15-19)20(2)16-27-25-21(3)31-24(28-25)18-29-13-9-23(10-14-29)30-11-5-4-6-12-30/h8,15-17,20,23H,4-7,9-14,18H2,1-3H3. The number of nitrogens with zero attached hydrogens (tertiary/aromatic N) is 5. The van der Waals surface area contributed by atoms with Gasteiger partial charge in [0.2, 0.25) is 5.89 Å². The monoisotopic (exact) mass is 423 g/mol. The van der Waals surface area contributed by atoms with Crippen LogP contribution < -0.4 is 0 Å². The van der Waals surface area contributed by atoms with Gasteiger partial charge in [0.15, 0.2) is 5.82 Å². The van der Waals surface area contributed by atoms with Gasteiger partial charge in [0.1, 0.15) is 5.76 Å². The van der Waals surface area contributed by atoms with Gasteiger partial charge in [-0.1, -0.05) is 25.0 Å². The van der Waals surface area contributed by atoms with E-state index in [9.17, 15) is 0 Å². The van der Waals surface area contributed by atoms with Crippen LogP contribution >= 0.6 is 0 Å². The molecule has 0 spiro atoms. The van der Waals surface area contributed by atoms with E-state index in [-0.39, 0.29) is 5.92 Å². The number of aromatic nitrogens is 1. The van der Waals surface area contributed by atoms with E-state index in [1.54, 1.807) is 0 Å². The minimum absolute atomic E-state index is 0.191. The molecule has 0 aromatic carbocycles. The molecule has 168 valence electrons. The maximum Gasteiger partial charge on any atom is 0.210 e. The van der Waals surface area contributed by atoms with Crippen molar-refractivity contribution in [3.8, 4) is 0 Å². The molecule has 1 aromatic heterocycles. The van der Waals surface area contributed by atoms with Crippen molar-refractivity contribution < 1.29 is 4.42 Å². The number of hydrogen-bond donors (Lipinski definition) is 0. The van der Waals surface area contributed by atoms with E-state index in [0.29, 0.717) is 5.82 Å². The third kappa shape index (κ3) is 6.01. The number of piperidine rings is 2. The normalized spacial score (nSPS) is 23.1. The van der Waals surface area contributed by atoms with Crippen LogP contribution in [0, 0.1) is 12.8 Å². The lowest BCUT2D eigenvalue weighted by Crippen LogP contribution is -2.46. The molecule has 2 saturated heterocycles. The number of hydrogen-bond acceptors (Lipinski definition) is 6. The Bertz CT molecular complexity index is 851. The second-order valence-electron chi connectivity index (χ2n) is 9.32. The smallest absolute Gasteiger partial charge is 0.210 e. The molecule has 31 heavy (non-hydrogen) atoms. The van der Waals surface area contributed by atoms with E-state index >= 15 is 0 Å². The van der Waals surface area contributed by atoms with E-state index in [1.807, 2.05) is 25.6 Å². The van der Waals surface area contributed by atoms with Crippen LogP contribution in [0.25, 0.3) is 0 Å². The average Bonchev–Trinajstić information content (AvgIpc) is 2.98. The quantitative estimate of drug-likeness (QED) is 0.599. The molecule has 0 aliphatic carbocycles. The van der Waals surface area contributed by atoms with Crippen molar-refractivity contribution in [2.75, 3.05) is 26.2 Å². The van der Waals surface area contributed by atoms with E-state index in [1.165, 1.54) is 56.3 Å². The first-order valence-corrected chi connectivity index (χ1v) is 11.9. The fourth-order valence-corrected chi connectivity index (χ4v) is 4.75. The first kappa shape index (κ1) is 22.2. The number of allylic oxidation sites excluding steroid dienone is 3. The summed E-state index contributed by atoms with van der Waals surface area (Å²) in [6, 6.07) is 0.769. The molecule has 0 saturated carbocycles. The summed E-state index contributed by atoms with van der Waals surface area (Å²) in [5.41, 5.74) is 2.46. The van der Waals surface area contributed by atoms with Crippen LogP contribution in [0.1, 0.15) is 64.0 Å². The number of aryl methyl sites for hydroxylation is 1. The van der Waals surface area contributed by atoms with Crippen LogP contribution in [0.15, 0.2) is 37.8 Å². The predicted molar refractivity (Wildman–Crippen MR) is 127 cm³/mol. The topological polar surface area (TPSA) is 57.2 Å². The highest BCUT2D eigenvalue weighted by atomic mass is 16.4. The SMILES string of the molecule is CC1=CN=CC(C(C)C=Nc2nc(CN3CCC(N4CCCCC4)CC3)oc2C)=CC1. The lowest BCUT2D eigenvalue weighted by molar-refractivity contribution is 0.0857. The Morgan fingerprint density at radius 1 is 1.16 bits per heavy atom. The van der Waals surface area contributed by atoms with Gasteiger partial charge in [-0.15, -0.1) is 0 Å². The Hall–Kier alpha value is -2.05. The summed E-state index contributed by atoms with van der Waals surface area (Å²) in [5.74, 6) is 2.47. The largest absolute Gasteiger partial charge is 0.442 e. The van der Waals surface area contributed by atoms with Crippen molar-refractivity contribution in [1.29, 1.82) is 0 Å². The molecule has 6 nitrogen and oxygen atoms in total. The molecule has 0 bridgehead atoms. The van der Waals surface area contributed by atoms with Gasteiger partial charge < -0.3 is 9.32 Å². The Morgan fingerprint density at radius 2 is 1.94 bits per heavy atom. The number of oxazole rings is 1. The Labute approximate surface area is 186 Å². The molecular formula is C25H37N5O. The van der Waals surface area contributed by atoms with Gasteiger partial charge in [-0.25, -0.2) is 4.99 Å². The lowest BCUT2D eigenvalue weighted by atomic mass is 10.00. The van der Waals surface area contributed by atoms with Crippen LogP contribution in [0.4, 0.5) is 5.82 Å². The Morgan fingerprint density at radius 3 is 2.71 bits per heavy atom. The summed E-state index contributed by atoms with van der Waals surface area (Å²) in [7, 11) is 0. The highest BCUT2D eigenvalue weighted by Crippen LogP contribution is 2.24. The molecule has 3 aliphatic rings. The highest BCUT2D eigenvalue weighted by molar-refractivity contribution is 5.87. The number of aliphatic imine (C=N–C) groups is 2. The van der Waals surface area contributed by atoms with E-state index in [2.05, 4.69) is 44.7 Å². The lowest BCUT2D eigenvalue weighted by Gasteiger charge is -2.39. The summed E-state index contributed by atoms with van der Waals surface area (Å²) < 4.78 is 5.95. The van der Waals surface area contributed by atoms with Gasteiger partial charge >= 0.3 is 0 Å². The molecule has 3 aliphatic heterocycles. The zero-order valence-corrected chi connectivity index (χ0v) is 19.4. The van der Waals surface area contributed by atoms with Crippen LogP contribution in [-0.2, 0) is 6.54 Å². The van der Waals surface area contributed by atoms with Crippen LogP contribution in [-0.4, -0.2) is 59.4 Å². The van der Waals surface area contributed by atoms with E-state index in [4.69, 9.17) is 4.42 Å². The molecule has 4 rings (SSSR count). The second-order valence-corrected chi connectivity index (χ2v) is 9.32. The fraction of sp³-hybridized carbons (Fsp3) is 0.640. The van der Waals surface area contributed by atoms with Gasteiger partial charge in [-0.2, -0.15) is 4.98 Å². The zero-order chi connectivity index (χ0) is 21.6. The maximum atomic E-state index is 5.95. The molecule has 0 radical (unpaired) electrons. The van der Waals surface area contributed by atoms with Crippen molar-refractivity contribution in [2.24, 2.45) is 15.9 Å². The predicted octanol–water partition coefficient (Wildman–Crippen LogP) is 5.08. The number of rotatable bonds is 6. The minimum atomic E-state index is 0.191. The van der Waals surface area contributed by atoms with Gasteiger partial charge in [0, 0.05) is 43.7 Å². The van der Waals surface area contributed by atoms with Crippen molar-refractivity contribution >= 4 is 18.2 Å². The molecule has 4 heterocycles. The average molecular weight is 424 g/mol. The minimum Gasteiger partial charge on any atom is -0.442 e. The molecule has 1 atom stereocenters. The van der Waals surface area contributed by atoms with Crippen molar-refractivity contribution in [3.63, 3.8) is 0 Å². The van der Waals surface area contributed by atoms with Gasteiger partial charge in [-0.05, 0) is 64.6 Å².